The van der Waals surface area contributed by atoms with Crippen LogP contribution in [0.1, 0.15) is 10.4 Å². The molecule has 0 aliphatic rings. The van der Waals surface area contributed by atoms with E-state index in [0.29, 0.717) is 5.56 Å². The van der Waals surface area contributed by atoms with Crippen molar-refractivity contribution in [3.05, 3.63) is 52.1 Å². The Kier molecular flexibility index (Phi) is 2.85. The van der Waals surface area contributed by atoms with Gasteiger partial charge in [-0.05, 0) is 23.8 Å². The van der Waals surface area contributed by atoms with Gasteiger partial charge in [0.2, 0.25) is 0 Å². The number of benzene rings is 1. The number of nitrogen functional groups attached to an aromatic ring is 1. The molecule has 0 amide bonds. The van der Waals surface area contributed by atoms with Crippen LogP contribution < -0.4 is 11.3 Å². The molecule has 0 saturated carbocycles. The van der Waals surface area contributed by atoms with E-state index in [1.54, 1.807) is 0 Å². The second-order valence-corrected chi connectivity index (χ2v) is 3.65. The minimum atomic E-state index is -1.37. The maximum absolute atomic E-state index is 12.8. The molecule has 6 heteroatoms. The minimum Gasteiger partial charge on any atom is -0.477 e. The van der Waals surface area contributed by atoms with Gasteiger partial charge in [0.25, 0.3) is 5.56 Å². The van der Waals surface area contributed by atoms with E-state index in [9.17, 15) is 14.0 Å². The number of carboxylic acid groups (broad SMARTS) is 1. The van der Waals surface area contributed by atoms with Crippen LogP contribution in [-0.4, -0.2) is 16.1 Å². The Hall–Kier alpha value is -2.63. The summed E-state index contributed by atoms with van der Waals surface area (Å²) in [5.74, 6) is -1.77. The fourth-order valence-corrected chi connectivity index (χ4v) is 1.65. The van der Waals surface area contributed by atoms with Crippen molar-refractivity contribution in [1.82, 2.24) is 4.98 Å². The monoisotopic (exact) mass is 248 g/mol. The summed E-state index contributed by atoms with van der Waals surface area (Å²) >= 11 is 0. The number of halogens is 1. The van der Waals surface area contributed by atoms with Crippen LogP contribution in [0.3, 0.4) is 0 Å². The van der Waals surface area contributed by atoms with Crippen LogP contribution in [0, 0.1) is 5.82 Å². The molecular formula is C12H9FN2O3. The van der Waals surface area contributed by atoms with Crippen LogP contribution >= 0.6 is 0 Å². The van der Waals surface area contributed by atoms with Crippen molar-refractivity contribution in [3.8, 4) is 11.1 Å². The van der Waals surface area contributed by atoms with Gasteiger partial charge >= 0.3 is 5.97 Å². The van der Waals surface area contributed by atoms with Crippen LogP contribution in [0.2, 0.25) is 0 Å². The molecule has 2 aromatic rings. The van der Waals surface area contributed by atoms with E-state index in [0.717, 1.165) is 0 Å². The third-order valence-electron chi connectivity index (χ3n) is 2.42. The van der Waals surface area contributed by atoms with Gasteiger partial charge in [0.05, 0.1) is 0 Å². The molecule has 0 atom stereocenters. The van der Waals surface area contributed by atoms with Gasteiger partial charge in [0, 0.05) is 5.56 Å². The molecule has 0 radical (unpaired) electrons. The molecule has 0 bridgehead atoms. The molecule has 0 saturated heterocycles. The molecule has 0 fully saturated rings. The summed E-state index contributed by atoms with van der Waals surface area (Å²) in [7, 11) is 0. The first-order chi connectivity index (χ1) is 8.49. The van der Waals surface area contributed by atoms with E-state index < -0.39 is 22.9 Å². The number of hydrogen-bond acceptors (Lipinski definition) is 3. The number of aromatic nitrogens is 1. The Morgan fingerprint density at radius 3 is 2.44 bits per heavy atom. The lowest BCUT2D eigenvalue weighted by molar-refractivity contribution is 0.0696. The maximum atomic E-state index is 12.8. The van der Waals surface area contributed by atoms with E-state index in [4.69, 9.17) is 10.8 Å². The first kappa shape index (κ1) is 11.8. The Bertz CT molecular complexity index is 662. The third kappa shape index (κ3) is 2.08. The van der Waals surface area contributed by atoms with E-state index >= 15 is 0 Å². The molecular weight excluding hydrogens is 239 g/mol. The number of anilines is 1. The van der Waals surface area contributed by atoms with Crippen LogP contribution in [-0.2, 0) is 0 Å². The van der Waals surface area contributed by atoms with Gasteiger partial charge in [-0.25, -0.2) is 9.18 Å². The van der Waals surface area contributed by atoms with Crippen molar-refractivity contribution in [2.24, 2.45) is 0 Å². The van der Waals surface area contributed by atoms with Crippen LogP contribution in [0.15, 0.2) is 35.1 Å². The highest BCUT2D eigenvalue weighted by Crippen LogP contribution is 2.23. The summed E-state index contributed by atoms with van der Waals surface area (Å²) in [5.41, 5.74) is 4.83. The predicted octanol–water partition coefficient (Wildman–Crippen LogP) is 1.46. The number of nitrogens with one attached hydrogen (secondary N) is 1. The zero-order chi connectivity index (χ0) is 13.3. The van der Waals surface area contributed by atoms with Gasteiger partial charge in [-0.1, -0.05) is 12.1 Å². The molecule has 1 aromatic carbocycles. The number of H-pyrrole nitrogens is 1. The van der Waals surface area contributed by atoms with Crippen LogP contribution in [0.5, 0.6) is 0 Å². The lowest BCUT2D eigenvalue weighted by Crippen LogP contribution is -2.20. The second kappa shape index (κ2) is 4.33. The summed E-state index contributed by atoms with van der Waals surface area (Å²) in [4.78, 5) is 24.8. The number of aromatic amines is 1. The second-order valence-electron chi connectivity index (χ2n) is 3.65. The molecule has 1 aromatic heterocycles. The topological polar surface area (TPSA) is 96.2 Å². The summed E-state index contributed by atoms with van der Waals surface area (Å²) in [6, 6.07) is 6.46. The Labute approximate surface area is 101 Å². The fourth-order valence-electron chi connectivity index (χ4n) is 1.65. The molecule has 0 aliphatic heterocycles. The summed E-state index contributed by atoms with van der Waals surface area (Å²) in [6.07, 6.45) is 0. The fraction of sp³-hybridized carbons (Fsp3) is 0. The number of carbonyl (C=O) groups is 1. The van der Waals surface area contributed by atoms with Gasteiger partial charge in [-0.2, -0.15) is 0 Å². The third-order valence-corrected chi connectivity index (χ3v) is 2.42. The maximum Gasteiger partial charge on any atom is 0.341 e. The molecule has 4 N–H and O–H groups in total. The zero-order valence-corrected chi connectivity index (χ0v) is 9.11. The van der Waals surface area contributed by atoms with Crippen LogP contribution in [0.25, 0.3) is 11.1 Å². The Morgan fingerprint density at radius 1 is 1.28 bits per heavy atom. The Balaban J connectivity index is 2.73. The van der Waals surface area contributed by atoms with Gasteiger partial charge in [-0.3, -0.25) is 4.79 Å². The highest BCUT2D eigenvalue weighted by Gasteiger charge is 2.17. The normalized spacial score (nSPS) is 10.3. The molecule has 0 spiro atoms. The van der Waals surface area contributed by atoms with Crippen molar-refractivity contribution in [1.29, 1.82) is 0 Å². The van der Waals surface area contributed by atoms with E-state index in [2.05, 4.69) is 4.98 Å². The van der Waals surface area contributed by atoms with Gasteiger partial charge in [0.1, 0.15) is 17.2 Å². The average Bonchev–Trinajstić information content (AvgIpc) is 2.28. The van der Waals surface area contributed by atoms with Crippen molar-refractivity contribution in [2.75, 3.05) is 5.73 Å². The zero-order valence-electron chi connectivity index (χ0n) is 9.11. The minimum absolute atomic E-state index is 0.0457. The quantitative estimate of drug-likeness (QED) is 0.749. The number of rotatable bonds is 2. The van der Waals surface area contributed by atoms with Gasteiger partial charge < -0.3 is 15.8 Å². The highest BCUT2D eigenvalue weighted by molar-refractivity contribution is 5.96. The summed E-state index contributed by atoms with van der Waals surface area (Å²) in [6.45, 7) is 0. The largest absolute Gasteiger partial charge is 0.477 e. The lowest BCUT2D eigenvalue weighted by Gasteiger charge is -2.06. The molecule has 1 heterocycles. The highest BCUT2D eigenvalue weighted by atomic mass is 19.1. The number of pyridine rings is 1. The SMILES string of the molecule is Nc1cc(-c2ccc(F)cc2)c(C(=O)O)c(=O)[nH]1. The van der Waals surface area contributed by atoms with Crippen molar-refractivity contribution in [2.45, 2.75) is 0 Å². The molecule has 2 rings (SSSR count). The van der Waals surface area contributed by atoms with E-state index in [-0.39, 0.29) is 11.4 Å². The molecule has 0 unspecified atom stereocenters. The average molecular weight is 248 g/mol. The number of hydrogen-bond donors (Lipinski definition) is 3. The predicted molar refractivity (Wildman–Crippen MR) is 63.8 cm³/mol. The molecule has 0 aliphatic carbocycles. The van der Waals surface area contributed by atoms with Gasteiger partial charge in [-0.15, -0.1) is 0 Å². The van der Waals surface area contributed by atoms with E-state index in [1.807, 2.05) is 0 Å². The van der Waals surface area contributed by atoms with Gasteiger partial charge in [0.15, 0.2) is 0 Å². The number of aromatic carboxylic acids is 1. The molecule has 92 valence electrons. The van der Waals surface area contributed by atoms with Crippen molar-refractivity contribution < 1.29 is 14.3 Å². The lowest BCUT2D eigenvalue weighted by atomic mass is 10.0. The van der Waals surface area contributed by atoms with Crippen molar-refractivity contribution >= 4 is 11.8 Å². The molecule has 18 heavy (non-hydrogen) atoms. The standard InChI is InChI=1S/C12H9FN2O3/c13-7-3-1-6(2-4-7)8-5-9(14)15-11(16)10(8)12(17)18/h1-5H,(H,17,18)(H3,14,15,16). The first-order valence-corrected chi connectivity index (χ1v) is 5.01. The Morgan fingerprint density at radius 2 is 1.89 bits per heavy atom. The van der Waals surface area contributed by atoms with E-state index in [1.165, 1.54) is 30.3 Å². The number of nitrogens with two attached hydrogens (primary N) is 1. The molecule has 5 nitrogen and oxygen atoms in total. The van der Waals surface area contributed by atoms with Crippen LogP contribution in [0.4, 0.5) is 10.2 Å². The first-order valence-electron chi connectivity index (χ1n) is 5.01. The van der Waals surface area contributed by atoms with Crippen molar-refractivity contribution in [3.63, 3.8) is 0 Å². The summed E-state index contributed by atoms with van der Waals surface area (Å²) < 4.78 is 12.8. The smallest absolute Gasteiger partial charge is 0.341 e. The number of carboxylic acids is 1. The summed E-state index contributed by atoms with van der Waals surface area (Å²) in [5, 5.41) is 9.02.